The van der Waals surface area contributed by atoms with Gasteiger partial charge in [-0.25, -0.2) is 0 Å². The van der Waals surface area contributed by atoms with E-state index in [2.05, 4.69) is 0 Å². The largest absolute Gasteiger partial charge is 0.496 e. The lowest BCUT2D eigenvalue weighted by Gasteiger charge is -2.28. The quantitative estimate of drug-likeness (QED) is 0.845. The molecule has 0 saturated carbocycles. The molecule has 20 heavy (non-hydrogen) atoms. The van der Waals surface area contributed by atoms with Crippen LogP contribution in [0.4, 0.5) is 0 Å². The van der Waals surface area contributed by atoms with E-state index in [1.165, 1.54) is 4.90 Å². The molecule has 108 valence electrons. The molecule has 0 spiro atoms. The number of imide groups is 1. The van der Waals surface area contributed by atoms with Crippen molar-refractivity contribution >= 4 is 11.8 Å². The van der Waals surface area contributed by atoms with Gasteiger partial charge in [-0.05, 0) is 23.6 Å². The molecule has 0 aliphatic carbocycles. The van der Waals surface area contributed by atoms with E-state index in [1.807, 2.05) is 25.1 Å². The van der Waals surface area contributed by atoms with Crippen LogP contribution in [0.5, 0.6) is 5.75 Å². The summed E-state index contributed by atoms with van der Waals surface area (Å²) >= 11 is 0. The Morgan fingerprint density at radius 3 is 2.50 bits per heavy atom. The van der Waals surface area contributed by atoms with Gasteiger partial charge in [-0.1, -0.05) is 13.0 Å². The number of carbonyl (C=O) groups excluding carboxylic acids is 2. The normalized spacial score (nSPS) is 16.6. The fourth-order valence-corrected chi connectivity index (χ4v) is 2.48. The summed E-state index contributed by atoms with van der Waals surface area (Å²) in [6, 6.07) is 5.56. The standard InChI is InChI=1S/C15H20N2O3/c1-10-5-14(18)17(15(19)6-10)9-11-3-4-13(20-2)12(7-11)8-16/h3-4,7,10H,5-6,8-9,16H2,1-2H3. The summed E-state index contributed by atoms with van der Waals surface area (Å²) in [6.07, 6.45) is 0.872. The van der Waals surface area contributed by atoms with E-state index < -0.39 is 0 Å². The number of hydrogen-bond acceptors (Lipinski definition) is 4. The summed E-state index contributed by atoms with van der Waals surface area (Å²) < 4.78 is 5.21. The van der Waals surface area contributed by atoms with Crippen molar-refractivity contribution in [3.8, 4) is 5.75 Å². The number of methoxy groups -OCH3 is 1. The van der Waals surface area contributed by atoms with Gasteiger partial charge in [-0.2, -0.15) is 0 Å². The maximum Gasteiger partial charge on any atom is 0.229 e. The van der Waals surface area contributed by atoms with Gasteiger partial charge >= 0.3 is 0 Å². The molecule has 0 atom stereocenters. The van der Waals surface area contributed by atoms with Crippen molar-refractivity contribution in [3.63, 3.8) is 0 Å². The lowest BCUT2D eigenvalue weighted by molar-refractivity contribution is -0.150. The van der Waals surface area contributed by atoms with Gasteiger partial charge in [0.25, 0.3) is 0 Å². The first-order valence-corrected chi connectivity index (χ1v) is 6.74. The van der Waals surface area contributed by atoms with Crippen molar-refractivity contribution in [1.82, 2.24) is 4.90 Å². The number of nitrogens with two attached hydrogens (primary N) is 1. The molecule has 1 saturated heterocycles. The number of nitrogens with zero attached hydrogens (tertiary/aromatic N) is 1. The molecule has 1 fully saturated rings. The highest BCUT2D eigenvalue weighted by molar-refractivity contribution is 5.97. The Morgan fingerprint density at radius 1 is 1.30 bits per heavy atom. The van der Waals surface area contributed by atoms with Crippen LogP contribution in [0.25, 0.3) is 0 Å². The molecule has 1 heterocycles. The van der Waals surface area contributed by atoms with E-state index >= 15 is 0 Å². The summed E-state index contributed by atoms with van der Waals surface area (Å²) in [5, 5.41) is 0. The maximum atomic E-state index is 12.0. The second kappa shape index (κ2) is 6.05. The van der Waals surface area contributed by atoms with Gasteiger partial charge in [0, 0.05) is 24.9 Å². The van der Waals surface area contributed by atoms with Crippen LogP contribution in [0.2, 0.25) is 0 Å². The predicted molar refractivity (Wildman–Crippen MR) is 74.8 cm³/mol. The number of rotatable bonds is 4. The Bertz CT molecular complexity index is 510. The van der Waals surface area contributed by atoms with Crippen LogP contribution < -0.4 is 10.5 Å². The van der Waals surface area contributed by atoms with Gasteiger partial charge < -0.3 is 10.5 Å². The SMILES string of the molecule is COc1ccc(CN2C(=O)CC(C)CC2=O)cc1CN. The van der Waals surface area contributed by atoms with E-state index in [-0.39, 0.29) is 17.7 Å². The van der Waals surface area contributed by atoms with Crippen LogP contribution in [0, 0.1) is 5.92 Å². The molecule has 0 bridgehead atoms. The molecule has 1 aliphatic heterocycles. The summed E-state index contributed by atoms with van der Waals surface area (Å²) in [6.45, 7) is 2.59. The Hall–Kier alpha value is -1.88. The zero-order valence-corrected chi connectivity index (χ0v) is 11.9. The maximum absolute atomic E-state index is 12.0. The molecule has 0 aromatic heterocycles. The molecule has 1 aromatic rings. The first-order chi connectivity index (χ1) is 9.55. The number of carbonyl (C=O) groups is 2. The second-order valence-electron chi connectivity index (χ2n) is 5.24. The highest BCUT2D eigenvalue weighted by atomic mass is 16.5. The highest BCUT2D eigenvalue weighted by Gasteiger charge is 2.30. The second-order valence-corrected chi connectivity index (χ2v) is 5.24. The highest BCUT2D eigenvalue weighted by Crippen LogP contribution is 2.23. The topological polar surface area (TPSA) is 72.6 Å². The Labute approximate surface area is 118 Å². The van der Waals surface area contributed by atoms with Gasteiger partial charge in [0.15, 0.2) is 0 Å². The zero-order valence-electron chi connectivity index (χ0n) is 11.9. The number of hydrogen-bond donors (Lipinski definition) is 1. The minimum atomic E-state index is -0.0983. The van der Waals surface area contributed by atoms with Crippen molar-refractivity contribution in [2.24, 2.45) is 11.7 Å². The molecule has 2 N–H and O–H groups in total. The van der Waals surface area contributed by atoms with Gasteiger partial charge in [-0.3, -0.25) is 14.5 Å². The molecular weight excluding hydrogens is 256 g/mol. The lowest BCUT2D eigenvalue weighted by Crippen LogP contribution is -2.42. The van der Waals surface area contributed by atoms with Crippen LogP contribution in [-0.4, -0.2) is 23.8 Å². The third-order valence-electron chi connectivity index (χ3n) is 3.55. The number of piperidine rings is 1. The zero-order chi connectivity index (χ0) is 14.7. The van der Waals surface area contributed by atoms with Crippen LogP contribution in [0.15, 0.2) is 18.2 Å². The fourth-order valence-electron chi connectivity index (χ4n) is 2.48. The van der Waals surface area contributed by atoms with E-state index in [4.69, 9.17) is 10.5 Å². The van der Waals surface area contributed by atoms with Gasteiger partial charge in [0.05, 0.1) is 13.7 Å². The van der Waals surface area contributed by atoms with Crippen molar-refractivity contribution < 1.29 is 14.3 Å². The van der Waals surface area contributed by atoms with Gasteiger partial charge in [-0.15, -0.1) is 0 Å². The van der Waals surface area contributed by atoms with Crippen molar-refractivity contribution in [3.05, 3.63) is 29.3 Å². The lowest BCUT2D eigenvalue weighted by atomic mass is 9.97. The first-order valence-electron chi connectivity index (χ1n) is 6.74. The van der Waals surface area contributed by atoms with E-state index in [9.17, 15) is 9.59 Å². The minimum absolute atomic E-state index is 0.0983. The van der Waals surface area contributed by atoms with Crippen LogP contribution >= 0.6 is 0 Å². The third kappa shape index (κ3) is 2.99. The smallest absolute Gasteiger partial charge is 0.229 e. The van der Waals surface area contributed by atoms with E-state index in [0.29, 0.717) is 25.9 Å². The minimum Gasteiger partial charge on any atom is -0.496 e. The summed E-state index contributed by atoms with van der Waals surface area (Å²) in [5.74, 6) is 0.667. The summed E-state index contributed by atoms with van der Waals surface area (Å²) in [5.41, 5.74) is 7.44. The van der Waals surface area contributed by atoms with Crippen LogP contribution in [-0.2, 0) is 22.7 Å². The summed E-state index contributed by atoms with van der Waals surface area (Å²) in [4.78, 5) is 25.2. The number of benzene rings is 1. The van der Waals surface area contributed by atoms with Gasteiger partial charge in [0.2, 0.25) is 11.8 Å². The Balaban J connectivity index is 2.17. The fraction of sp³-hybridized carbons (Fsp3) is 0.467. The molecule has 1 aliphatic rings. The van der Waals surface area contributed by atoms with Crippen molar-refractivity contribution in [1.29, 1.82) is 0 Å². The number of amides is 2. The Morgan fingerprint density at radius 2 is 1.95 bits per heavy atom. The molecule has 1 aromatic carbocycles. The molecular formula is C15H20N2O3. The molecule has 2 amide bonds. The molecule has 5 heteroatoms. The molecule has 0 radical (unpaired) electrons. The molecule has 5 nitrogen and oxygen atoms in total. The predicted octanol–water partition coefficient (Wildman–Crippen LogP) is 1.44. The first kappa shape index (κ1) is 14.5. The monoisotopic (exact) mass is 276 g/mol. The number of ether oxygens (including phenoxy) is 1. The average Bonchev–Trinajstić information content (AvgIpc) is 2.42. The summed E-state index contributed by atoms with van der Waals surface area (Å²) in [7, 11) is 1.59. The Kier molecular flexibility index (Phi) is 4.39. The molecule has 0 unspecified atom stereocenters. The number of likely N-dealkylation sites (tertiary alicyclic amines) is 1. The third-order valence-corrected chi connectivity index (χ3v) is 3.55. The van der Waals surface area contributed by atoms with E-state index in [0.717, 1.165) is 16.9 Å². The molecule has 2 rings (SSSR count). The van der Waals surface area contributed by atoms with Crippen molar-refractivity contribution in [2.75, 3.05) is 7.11 Å². The van der Waals surface area contributed by atoms with Gasteiger partial charge in [0.1, 0.15) is 5.75 Å². The van der Waals surface area contributed by atoms with Crippen LogP contribution in [0.1, 0.15) is 30.9 Å². The van der Waals surface area contributed by atoms with Crippen LogP contribution in [0.3, 0.4) is 0 Å². The average molecular weight is 276 g/mol. The van der Waals surface area contributed by atoms with E-state index in [1.54, 1.807) is 7.11 Å². The van der Waals surface area contributed by atoms with Crippen molar-refractivity contribution in [2.45, 2.75) is 32.9 Å².